The van der Waals surface area contributed by atoms with Gasteiger partial charge in [-0.05, 0) is 30.7 Å². The maximum Gasteiger partial charge on any atom is 0.270 e. The van der Waals surface area contributed by atoms with Crippen LogP contribution in [0.3, 0.4) is 0 Å². The second kappa shape index (κ2) is 7.47. The zero-order valence-electron chi connectivity index (χ0n) is 13.0. The van der Waals surface area contributed by atoms with Crippen LogP contribution in [0, 0.1) is 22.9 Å². The molecule has 9 heteroatoms. The van der Waals surface area contributed by atoms with Crippen molar-refractivity contribution >= 4 is 28.9 Å². The van der Waals surface area contributed by atoms with Crippen molar-refractivity contribution in [2.45, 2.75) is 6.92 Å². The van der Waals surface area contributed by atoms with E-state index < -0.39 is 29.2 Å². The third-order valence-corrected chi connectivity index (χ3v) is 3.30. The first kappa shape index (κ1) is 18.0. The number of carbonyl (C=O) groups excluding carboxylic acids is 2. The van der Waals surface area contributed by atoms with Crippen molar-refractivity contribution in [3.63, 3.8) is 0 Å². The molecule has 0 fully saturated rings. The summed E-state index contributed by atoms with van der Waals surface area (Å²) in [5, 5.41) is 15.5. The van der Waals surface area contributed by atoms with E-state index in [1.54, 1.807) is 6.92 Å². The smallest absolute Gasteiger partial charge is 0.270 e. The summed E-state index contributed by atoms with van der Waals surface area (Å²) < 4.78 is 25.7. The summed E-state index contributed by atoms with van der Waals surface area (Å²) in [6.45, 7) is 0.315. The molecule has 0 unspecified atom stereocenters. The maximum absolute atomic E-state index is 13.3. The highest BCUT2D eigenvalue weighted by Gasteiger charge is 2.19. The number of amides is 2. The monoisotopic (exact) mass is 349 g/mol. The van der Waals surface area contributed by atoms with Gasteiger partial charge in [0.1, 0.15) is 5.82 Å². The number of nitro benzene ring substituents is 1. The van der Waals surface area contributed by atoms with Crippen LogP contribution in [0.4, 0.5) is 25.8 Å². The van der Waals surface area contributed by atoms with E-state index in [-0.39, 0.29) is 22.6 Å². The van der Waals surface area contributed by atoms with Gasteiger partial charge in [-0.25, -0.2) is 8.78 Å². The number of non-ortho nitro benzene ring substituents is 1. The second-order valence-corrected chi connectivity index (χ2v) is 5.08. The first-order valence-corrected chi connectivity index (χ1v) is 7.03. The molecule has 0 spiro atoms. The molecule has 2 aromatic rings. The van der Waals surface area contributed by atoms with Crippen molar-refractivity contribution in [2.75, 3.05) is 17.3 Å². The topological polar surface area (TPSA) is 101 Å². The van der Waals surface area contributed by atoms with Crippen molar-refractivity contribution in [3.8, 4) is 0 Å². The van der Waals surface area contributed by atoms with Crippen LogP contribution in [0.25, 0.3) is 0 Å². The van der Waals surface area contributed by atoms with Crippen LogP contribution in [0.1, 0.15) is 15.9 Å². The third-order valence-electron chi connectivity index (χ3n) is 3.30. The number of hydrogen-bond acceptors (Lipinski definition) is 4. The number of nitrogens with zero attached hydrogens (tertiary/aromatic N) is 1. The van der Waals surface area contributed by atoms with Gasteiger partial charge in [0.25, 0.3) is 17.5 Å². The highest BCUT2D eigenvalue weighted by molar-refractivity contribution is 6.10. The zero-order chi connectivity index (χ0) is 18.6. The van der Waals surface area contributed by atoms with Gasteiger partial charge in [-0.1, -0.05) is 6.07 Å². The predicted molar refractivity (Wildman–Crippen MR) is 86.8 cm³/mol. The number of halogens is 2. The number of nitrogens with one attached hydrogen (secondary N) is 2. The van der Waals surface area contributed by atoms with Crippen molar-refractivity contribution < 1.29 is 23.3 Å². The van der Waals surface area contributed by atoms with Crippen LogP contribution in [0.2, 0.25) is 0 Å². The Morgan fingerprint density at radius 1 is 1.12 bits per heavy atom. The van der Waals surface area contributed by atoms with Crippen LogP contribution in [-0.4, -0.2) is 23.4 Å². The van der Waals surface area contributed by atoms with Gasteiger partial charge in [-0.3, -0.25) is 19.7 Å². The van der Waals surface area contributed by atoms with E-state index >= 15 is 0 Å². The number of benzene rings is 2. The molecule has 0 atom stereocenters. The van der Waals surface area contributed by atoms with E-state index in [0.717, 1.165) is 24.3 Å². The van der Waals surface area contributed by atoms with Crippen LogP contribution < -0.4 is 10.6 Å². The highest BCUT2D eigenvalue weighted by Crippen LogP contribution is 2.24. The molecule has 0 heterocycles. The summed E-state index contributed by atoms with van der Waals surface area (Å²) in [5.74, 6) is -2.40. The molecule has 0 aromatic heterocycles. The molecule has 2 N–H and O–H groups in total. The summed E-state index contributed by atoms with van der Waals surface area (Å²) in [6, 6.07) is 6.88. The average Bonchev–Trinajstić information content (AvgIpc) is 2.58. The van der Waals surface area contributed by atoms with Crippen LogP contribution in [0.5, 0.6) is 0 Å². The Labute approximate surface area is 140 Å². The molecule has 0 bridgehead atoms. The lowest BCUT2D eigenvalue weighted by Crippen LogP contribution is -2.19. The van der Waals surface area contributed by atoms with Crippen LogP contribution in [0.15, 0.2) is 36.4 Å². The lowest BCUT2D eigenvalue weighted by atomic mass is 10.1. The number of alkyl halides is 1. The minimum Gasteiger partial charge on any atom is -0.323 e. The number of anilines is 2. The van der Waals surface area contributed by atoms with Gasteiger partial charge >= 0.3 is 0 Å². The molecule has 25 heavy (non-hydrogen) atoms. The van der Waals surface area contributed by atoms with E-state index in [0.29, 0.717) is 5.56 Å². The summed E-state index contributed by atoms with van der Waals surface area (Å²) >= 11 is 0. The van der Waals surface area contributed by atoms with Gasteiger partial charge in [0.05, 0.1) is 16.2 Å². The first-order chi connectivity index (χ1) is 11.8. The fourth-order valence-corrected chi connectivity index (χ4v) is 2.04. The largest absolute Gasteiger partial charge is 0.323 e. The summed E-state index contributed by atoms with van der Waals surface area (Å²) in [4.78, 5) is 33.9. The summed E-state index contributed by atoms with van der Waals surface area (Å²) in [6.07, 6.45) is 0. The van der Waals surface area contributed by atoms with Crippen molar-refractivity contribution in [3.05, 3.63) is 63.5 Å². The Morgan fingerprint density at radius 2 is 1.84 bits per heavy atom. The van der Waals surface area contributed by atoms with Crippen molar-refractivity contribution in [2.24, 2.45) is 0 Å². The first-order valence-electron chi connectivity index (χ1n) is 7.03. The molecule has 2 aromatic carbocycles. The van der Waals surface area contributed by atoms with E-state index in [9.17, 15) is 28.5 Å². The lowest BCUT2D eigenvalue weighted by Gasteiger charge is -2.12. The Hall–Kier alpha value is -3.36. The van der Waals surface area contributed by atoms with Crippen LogP contribution >= 0.6 is 0 Å². The standard InChI is InChI=1S/C16H13F2N3O4/c1-9-2-3-10(18)6-14(9)20-16(23)12-7-11(21(24)25)4-5-13(12)19-15(22)8-17/h2-7H,8H2,1H3,(H,19,22)(H,20,23). The lowest BCUT2D eigenvalue weighted by molar-refractivity contribution is -0.384. The molecule has 0 saturated carbocycles. The molecular weight excluding hydrogens is 336 g/mol. The molecule has 0 aliphatic heterocycles. The van der Waals surface area contributed by atoms with E-state index in [1.165, 1.54) is 12.1 Å². The molecule has 0 aliphatic rings. The number of nitro groups is 1. The van der Waals surface area contributed by atoms with Crippen molar-refractivity contribution in [1.29, 1.82) is 0 Å². The zero-order valence-corrected chi connectivity index (χ0v) is 13.0. The number of aryl methyl sites for hydroxylation is 1. The number of hydrogen-bond donors (Lipinski definition) is 2. The maximum atomic E-state index is 13.3. The normalized spacial score (nSPS) is 10.2. The summed E-state index contributed by atoms with van der Waals surface area (Å²) in [5.41, 5.74) is -0.00683. The minimum absolute atomic E-state index is 0.0974. The molecule has 2 rings (SSSR count). The van der Waals surface area contributed by atoms with Gasteiger partial charge in [0.2, 0.25) is 0 Å². The van der Waals surface area contributed by atoms with Crippen molar-refractivity contribution in [1.82, 2.24) is 0 Å². The van der Waals surface area contributed by atoms with Gasteiger partial charge in [-0.15, -0.1) is 0 Å². The van der Waals surface area contributed by atoms with Gasteiger partial charge < -0.3 is 10.6 Å². The molecule has 0 saturated heterocycles. The average molecular weight is 349 g/mol. The Kier molecular flexibility index (Phi) is 5.38. The quantitative estimate of drug-likeness (QED) is 0.639. The van der Waals surface area contributed by atoms with Gasteiger partial charge in [-0.2, -0.15) is 0 Å². The SMILES string of the molecule is Cc1ccc(F)cc1NC(=O)c1cc([N+](=O)[O-])ccc1NC(=O)CF. The second-order valence-electron chi connectivity index (χ2n) is 5.08. The summed E-state index contributed by atoms with van der Waals surface area (Å²) in [7, 11) is 0. The Morgan fingerprint density at radius 3 is 2.48 bits per heavy atom. The third kappa shape index (κ3) is 4.34. The molecule has 7 nitrogen and oxygen atoms in total. The fraction of sp³-hybridized carbons (Fsp3) is 0.125. The van der Waals surface area contributed by atoms with E-state index in [4.69, 9.17) is 0 Å². The molecule has 130 valence electrons. The molecule has 2 amide bonds. The number of rotatable bonds is 5. The van der Waals surface area contributed by atoms with E-state index in [1.807, 2.05) is 0 Å². The number of carbonyl (C=O) groups is 2. The molecular formula is C16H13F2N3O4. The Balaban J connectivity index is 2.41. The molecule has 0 radical (unpaired) electrons. The Bertz CT molecular complexity index is 855. The fourth-order valence-electron chi connectivity index (χ4n) is 2.04. The van der Waals surface area contributed by atoms with Crippen LogP contribution in [-0.2, 0) is 4.79 Å². The van der Waals surface area contributed by atoms with Gasteiger partial charge in [0.15, 0.2) is 6.67 Å². The highest BCUT2D eigenvalue weighted by atomic mass is 19.1. The van der Waals surface area contributed by atoms with Gasteiger partial charge in [0, 0.05) is 17.8 Å². The predicted octanol–water partition coefficient (Wildman–Crippen LogP) is 3.20. The van der Waals surface area contributed by atoms with E-state index in [2.05, 4.69) is 10.6 Å². The minimum atomic E-state index is -1.32. The molecule has 0 aliphatic carbocycles.